The van der Waals surface area contributed by atoms with Gasteiger partial charge < -0.3 is 16.0 Å². The fraction of sp³-hybridized carbons (Fsp3) is 0.533. The minimum atomic E-state index is -0.00404. The number of anilines is 1. The summed E-state index contributed by atoms with van der Waals surface area (Å²) in [6.45, 7) is 4.99. The first-order valence-corrected chi connectivity index (χ1v) is 6.87. The van der Waals surface area contributed by atoms with Gasteiger partial charge >= 0.3 is 0 Å². The highest BCUT2D eigenvalue weighted by Crippen LogP contribution is 2.28. The standard InChI is InChI=1S/C15H23N3O/c1-10(2)17-9-13(16)11-4-6-14-12(8-11)5-7-15(19)18(14)3/h4,6,8,10,13,17H,5,7,9,16H2,1-3H3. The number of nitrogens with one attached hydrogen (secondary N) is 1. The Balaban J connectivity index is 2.15. The summed E-state index contributed by atoms with van der Waals surface area (Å²) in [4.78, 5) is 13.4. The van der Waals surface area contributed by atoms with Crippen molar-refractivity contribution in [1.29, 1.82) is 0 Å². The smallest absolute Gasteiger partial charge is 0.227 e. The quantitative estimate of drug-likeness (QED) is 0.865. The van der Waals surface area contributed by atoms with Crippen LogP contribution < -0.4 is 16.0 Å². The summed E-state index contributed by atoms with van der Waals surface area (Å²) in [5.41, 5.74) is 9.57. The topological polar surface area (TPSA) is 58.4 Å². The maximum absolute atomic E-state index is 11.6. The van der Waals surface area contributed by atoms with Crippen LogP contribution in [0.15, 0.2) is 18.2 Å². The number of carbonyl (C=O) groups is 1. The predicted molar refractivity (Wildman–Crippen MR) is 78.2 cm³/mol. The van der Waals surface area contributed by atoms with Gasteiger partial charge in [-0.25, -0.2) is 0 Å². The van der Waals surface area contributed by atoms with Crippen molar-refractivity contribution >= 4 is 11.6 Å². The SMILES string of the molecule is CC(C)NCC(N)c1ccc2c(c1)CCC(=O)N2C. The molecular weight excluding hydrogens is 238 g/mol. The van der Waals surface area contributed by atoms with Crippen LogP contribution in [0.2, 0.25) is 0 Å². The van der Waals surface area contributed by atoms with Gasteiger partial charge in [0.2, 0.25) is 5.91 Å². The fourth-order valence-corrected chi connectivity index (χ4v) is 2.39. The van der Waals surface area contributed by atoms with Crippen LogP contribution in [-0.2, 0) is 11.2 Å². The van der Waals surface area contributed by atoms with Crippen LogP contribution >= 0.6 is 0 Å². The van der Waals surface area contributed by atoms with Gasteiger partial charge in [0.25, 0.3) is 0 Å². The highest BCUT2D eigenvalue weighted by molar-refractivity contribution is 5.95. The molecule has 1 aliphatic rings. The van der Waals surface area contributed by atoms with E-state index in [-0.39, 0.29) is 11.9 Å². The summed E-state index contributed by atoms with van der Waals surface area (Å²) in [5.74, 6) is 0.186. The van der Waals surface area contributed by atoms with Gasteiger partial charge in [-0.1, -0.05) is 26.0 Å². The van der Waals surface area contributed by atoms with Gasteiger partial charge in [0, 0.05) is 37.8 Å². The first-order valence-electron chi connectivity index (χ1n) is 6.87. The second-order valence-electron chi connectivity index (χ2n) is 5.51. The molecule has 1 amide bonds. The van der Waals surface area contributed by atoms with Gasteiger partial charge in [0.05, 0.1) is 0 Å². The molecule has 1 heterocycles. The van der Waals surface area contributed by atoms with Crippen LogP contribution in [0.5, 0.6) is 0 Å². The summed E-state index contributed by atoms with van der Waals surface area (Å²) in [6.07, 6.45) is 1.41. The van der Waals surface area contributed by atoms with Crippen molar-refractivity contribution in [2.75, 3.05) is 18.5 Å². The highest BCUT2D eigenvalue weighted by atomic mass is 16.2. The number of aryl methyl sites for hydroxylation is 1. The van der Waals surface area contributed by atoms with Gasteiger partial charge in [-0.2, -0.15) is 0 Å². The third-order valence-corrected chi connectivity index (χ3v) is 3.62. The normalized spacial score (nSPS) is 16.7. The molecule has 104 valence electrons. The zero-order chi connectivity index (χ0) is 14.0. The monoisotopic (exact) mass is 261 g/mol. The minimum absolute atomic E-state index is 0.00404. The van der Waals surface area contributed by atoms with E-state index in [0.29, 0.717) is 12.5 Å². The Morgan fingerprint density at radius 2 is 2.11 bits per heavy atom. The molecule has 4 nitrogen and oxygen atoms in total. The van der Waals surface area contributed by atoms with Crippen molar-refractivity contribution in [2.45, 2.75) is 38.8 Å². The number of nitrogens with zero attached hydrogens (tertiary/aromatic N) is 1. The number of carbonyl (C=O) groups excluding carboxylic acids is 1. The molecule has 0 bridgehead atoms. The Hall–Kier alpha value is -1.39. The molecule has 0 fully saturated rings. The number of benzene rings is 1. The summed E-state index contributed by atoms with van der Waals surface area (Å²) < 4.78 is 0. The van der Waals surface area contributed by atoms with E-state index in [0.717, 1.165) is 24.2 Å². The fourth-order valence-electron chi connectivity index (χ4n) is 2.39. The molecule has 1 atom stereocenters. The first-order chi connectivity index (χ1) is 8.99. The molecule has 0 saturated heterocycles. The summed E-state index contributed by atoms with van der Waals surface area (Å²) in [5, 5.41) is 3.35. The molecule has 0 radical (unpaired) electrons. The van der Waals surface area contributed by atoms with Crippen molar-refractivity contribution < 1.29 is 4.79 Å². The molecule has 1 unspecified atom stereocenters. The van der Waals surface area contributed by atoms with Crippen LogP contribution in [-0.4, -0.2) is 25.5 Å². The van der Waals surface area contributed by atoms with E-state index >= 15 is 0 Å². The summed E-state index contributed by atoms with van der Waals surface area (Å²) in [6, 6.07) is 6.62. The van der Waals surface area contributed by atoms with Crippen LogP contribution in [0.1, 0.15) is 37.4 Å². The van der Waals surface area contributed by atoms with Gasteiger partial charge in [0.15, 0.2) is 0 Å². The lowest BCUT2D eigenvalue weighted by Crippen LogP contribution is -2.33. The third kappa shape index (κ3) is 3.14. The Bertz CT molecular complexity index is 470. The van der Waals surface area contributed by atoms with Crippen LogP contribution in [0.25, 0.3) is 0 Å². The lowest BCUT2D eigenvalue weighted by Gasteiger charge is -2.27. The maximum atomic E-state index is 11.6. The minimum Gasteiger partial charge on any atom is -0.323 e. The largest absolute Gasteiger partial charge is 0.323 e. The molecule has 1 aromatic carbocycles. The molecule has 1 aliphatic heterocycles. The van der Waals surface area contributed by atoms with Crippen molar-refractivity contribution in [3.05, 3.63) is 29.3 Å². The molecule has 4 heteroatoms. The Kier molecular flexibility index (Phi) is 4.22. The van der Waals surface area contributed by atoms with E-state index in [4.69, 9.17) is 5.73 Å². The number of nitrogens with two attached hydrogens (primary N) is 1. The summed E-state index contributed by atoms with van der Waals surface area (Å²) in [7, 11) is 1.83. The second-order valence-corrected chi connectivity index (χ2v) is 5.51. The van der Waals surface area contributed by atoms with Crippen LogP contribution in [0.3, 0.4) is 0 Å². The molecule has 1 aromatic rings. The van der Waals surface area contributed by atoms with E-state index in [1.807, 2.05) is 19.2 Å². The zero-order valence-corrected chi connectivity index (χ0v) is 11.9. The van der Waals surface area contributed by atoms with E-state index in [9.17, 15) is 4.79 Å². The van der Waals surface area contributed by atoms with Crippen LogP contribution in [0.4, 0.5) is 5.69 Å². The lowest BCUT2D eigenvalue weighted by atomic mass is 9.96. The number of hydrogen-bond donors (Lipinski definition) is 2. The maximum Gasteiger partial charge on any atom is 0.227 e. The first kappa shape index (κ1) is 14.0. The predicted octanol–water partition coefficient (Wildman–Crippen LogP) is 1.59. The van der Waals surface area contributed by atoms with Crippen LogP contribution in [0, 0.1) is 0 Å². The Morgan fingerprint density at radius 1 is 1.37 bits per heavy atom. The number of fused-ring (bicyclic) bond motifs is 1. The van der Waals surface area contributed by atoms with E-state index in [2.05, 4.69) is 25.2 Å². The molecule has 0 aliphatic carbocycles. The summed E-state index contributed by atoms with van der Waals surface area (Å²) >= 11 is 0. The second kappa shape index (κ2) is 5.72. The van der Waals surface area contributed by atoms with E-state index < -0.39 is 0 Å². The molecule has 0 spiro atoms. The van der Waals surface area contributed by atoms with Crippen molar-refractivity contribution in [3.63, 3.8) is 0 Å². The van der Waals surface area contributed by atoms with Gasteiger partial charge in [-0.05, 0) is 23.6 Å². The van der Waals surface area contributed by atoms with Crippen molar-refractivity contribution in [2.24, 2.45) is 5.73 Å². The highest BCUT2D eigenvalue weighted by Gasteiger charge is 2.21. The van der Waals surface area contributed by atoms with Crippen molar-refractivity contribution in [1.82, 2.24) is 5.32 Å². The van der Waals surface area contributed by atoms with E-state index in [1.54, 1.807) is 4.90 Å². The average molecular weight is 261 g/mol. The molecule has 19 heavy (non-hydrogen) atoms. The number of rotatable bonds is 4. The molecule has 3 N–H and O–H groups in total. The molecule has 0 aromatic heterocycles. The third-order valence-electron chi connectivity index (χ3n) is 3.62. The molecule has 0 saturated carbocycles. The Morgan fingerprint density at radius 3 is 2.79 bits per heavy atom. The lowest BCUT2D eigenvalue weighted by molar-refractivity contribution is -0.118. The Labute approximate surface area is 115 Å². The number of hydrogen-bond acceptors (Lipinski definition) is 3. The average Bonchev–Trinajstić information content (AvgIpc) is 2.40. The van der Waals surface area contributed by atoms with Gasteiger partial charge in [-0.15, -0.1) is 0 Å². The molecular formula is C15H23N3O. The van der Waals surface area contributed by atoms with Crippen molar-refractivity contribution in [3.8, 4) is 0 Å². The zero-order valence-electron chi connectivity index (χ0n) is 11.9. The number of amides is 1. The molecule has 2 rings (SSSR count). The van der Waals surface area contributed by atoms with Gasteiger partial charge in [0.1, 0.15) is 0 Å². The van der Waals surface area contributed by atoms with Gasteiger partial charge in [-0.3, -0.25) is 4.79 Å². The van der Waals surface area contributed by atoms with E-state index in [1.165, 1.54) is 5.56 Å².